The van der Waals surface area contributed by atoms with Gasteiger partial charge in [0.25, 0.3) is 0 Å². The van der Waals surface area contributed by atoms with Crippen LogP contribution < -0.4 is 0 Å². The van der Waals surface area contributed by atoms with Crippen LogP contribution in [0.5, 0.6) is 0 Å². The zero-order valence-electron chi connectivity index (χ0n) is 15.0. The Morgan fingerprint density at radius 2 is 1.62 bits per heavy atom. The monoisotopic (exact) mass is 362 g/mol. The lowest BCUT2D eigenvalue weighted by atomic mass is 9.93. The average Bonchev–Trinajstić information content (AvgIpc) is 3.07. The molecule has 4 rings (SSSR count). The lowest BCUT2D eigenvalue weighted by molar-refractivity contribution is -0.144. The van der Waals surface area contributed by atoms with E-state index >= 15 is 0 Å². The van der Waals surface area contributed by atoms with Gasteiger partial charge in [0.05, 0.1) is 19.1 Å². The molecule has 3 aliphatic heterocycles. The highest BCUT2D eigenvalue weighted by Gasteiger charge is 2.35. The molecule has 0 unspecified atom stereocenters. The molecule has 0 saturated carbocycles. The third-order valence-electron chi connectivity index (χ3n) is 5.76. The van der Waals surface area contributed by atoms with Crippen molar-refractivity contribution >= 4 is 11.8 Å². The number of likely N-dealkylation sites (tertiary alicyclic amines) is 1. The first kappa shape index (κ1) is 17.4. The average molecular weight is 362 g/mol. The number of carbonyl (C=O) groups is 2. The minimum atomic E-state index is -0.251. The van der Waals surface area contributed by atoms with Crippen molar-refractivity contribution in [3.63, 3.8) is 0 Å². The summed E-state index contributed by atoms with van der Waals surface area (Å²) >= 11 is 0. The third-order valence-corrected chi connectivity index (χ3v) is 5.76. The van der Waals surface area contributed by atoms with Gasteiger partial charge in [-0.05, 0) is 36.1 Å². The van der Waals surface area contributed by atoms with Gasteiger partial charge in [-0.15, -0.1) is 5.10 Å². The Bertz CT molecular complexity index is 649. The van der Waals surface area contributed by atoms with Gasteiger partial charge >= 0.3 is 0 Å². The van der Waals surface area contributed by atoms with Gasteiger partial charge in [0.2, 0.25) is 11.8 Å². The lowest BCUT2D eigenvalue weighted by Gasteiger charge is -2.36. The van der Waals surface area contributed by atoms with E-state index in [1.165, 1.54) is 0 Å². The molecule has 9 heteroatoms. The number of tetrazole rings is 1. The maximum atomic E-state index is 13.0. The van der Waals surface area contributed by atoms with E-state index in [0.717, 1.165) is 38.6 Å². The number of aromatic nitrogens is 4. The topological polar surface area (TPSA) is 93.5 Å². The first-order chi connectivity index (χ1) is 12.7. The van der Waals surface area contributed by atoms with Crippen LogP contribution in [0.15, 0.2) is 0 Å². The summed E-state index contributed by atoms with van der Waals surface area (Å²) < 4.78 is 7.09. The molecule has 2 fully saturated rings. The summed E-state index contributed by atoms with van der Waals surface area (Å²) in [6.07, 6.45) is 4.26. The molecule has 0 bridgehead atoms. The summed E-state index contributed by atoms with van der Waals surface area (Å²) in [6, 6.07) is 0. The molecule has 0 aromatic carbocycles. The largest absolute Gasteiger partial charge is 0.378 e. The smallest absolute Gasteiger partial charge is 0.233 e. The molecule has 1 aromatic rings. The molecule has 0 aliphatic carbocycles. The van der Waals surface area contributed by atoms with E-state index in [2.05, 4.69) is 15.5 Å². The Morgan fingerprint density at radius 1 is 0.885 bits per heavy atom. The first-order valence-electron chi connectivity index (χ1n) is 9.65. The van der Waals surface area contributed by atoms with Gasteiger partial charge in [0, 0.05) is 38.6 Å². The van der Waals surface area contributed by atoms with Crippen molar-refractivity contribution in [2.45, 2.75) is 44.6 Å². The van der Waals surface area contributed by atoms with Gasteiger partial charge in [0.15, 0.2) is 5.82 Å². The van der Waals surface area contributed by atoms with Crippen LogP contribution in [0.2, 0.25) is 0 Å². The van der Waals surface area contributed by atoms with Crippen molar-refractivity contribution in [2.24, 2.45) is 5.92 Å². The number of rotatable bonds is 2. The molecule has 2 saturated heterocycles. The lowest BCUT2D eigenvalue weighted by Crippen LogP contribution is -2.48. The summed E-state index contributed by atoms with van der Waals surface area (Å²) in [5.74, 6) is 0.800. The zero-order valence-corrected chi connectivity index (χ0v) is 15.0. The van der Waals surface area contributed by atoms with Gasteiger partial charge in [-0.1, -0.05) is 6.42 Å². The normalized spacial score (nSPS) is 24.8. The standard InChI is InChI=1S/C17H26N6O3/c24-16(22-9-11-26-12-10-22)13-4-7-21(8-5-13)17(25)14-3-1-2-6-23-15(14)18-19-20-23/h13-14H,1-12H2/t14-/m1/s1. The highest BCUT2D eigenvalue weighted by Crippen LogP contribution is 2.28. The second-order valence-corrected chi connectivity index (χ2v) is 7.35. The van der Waals surface area contributed by atoms with Gasteiger partial charge in [-0.2, -0.15) is 0 Å². The second kappa shape index (κ2) is 7.69. The molecule has 4 heterocycles. The van der Waals surface area contributed by atoms with E-state index < -0.39 is 0 Å². The third kappa shape index (κ3) is 3.44. The summed E-state index contributed by atoms with van der Waals surface area (Å²) in [7, 11) is 0. The first-order valence-corrected chi connectivity index (χ1v) is 9.65. The SMILES string of the molecule is O=C(C1CCN(C(=O)[C@@H]2CCCCn3nnnc32)CC1)N1CCOCC1. The Labute approximate surface area is 152 Å². The molecule has 9 nitrogen and oxygen atoms in total. The number of hydrogen-bond donors (Lipinski definition) is 0. The summed E-state index contributed by atoms with van der Waals surface area (Å²) in [6.45, 7) is 4.67. The maximum absolute atomic E-state index is 13.0. The molecule has 0 spiro atoms. The van der Waals surface area contributed by atoms with Gasteiger partial charge in [-0.25, -0.2) is 4.68 Å². The molecule has 2 amide bonds. The van der Waals surface area contributed by atoms with Crippen molar-refractivity contribution in [2.75, 3.05) is 39.4 Å². The molecular weight excluding hydrogens is 336 g/mol. The predicted molar refractivity (Wildman–Crippen MR) is 91.1 cm³/mol. The quantitative estimate of drug-likeness (QED) is 0.737. The van der Waals surface area contributed by atoms with E-state index in [9.17, 15) is 9.59 Å². The van der Waals surface area contributed by atoms with E-state index in [-0.39, 0.29) is 23.7 Å². The van der Waals surface area contributed by atoms with Crippen LogP contribution in [0.4, 0.5) is 0 Å². The number of hydrogen-bond acceptors (Lipinski definition) is 6. The van der Waals surface area contributed by atoms with Crippen LogP contribution in [0.25, 0.3) is 0 Å². The Hall–Kier alpha value is -2.03. The van der Waals surface area contributed by atoms with Crippen molar-refractivity contribution in [1.82, 2.24) is 30.0 Å². The Balaban J connectivity index is 1.36. The van der Waals surface area contributed by atoms with Crippen LogP contribution in [-0.2, 0) is 20.9 Å². The van der Waals surface area contributed by atoms with E-state index in [1.54, 1.807) is 4.68 Å². The molecule has 0 radical (unpaired) electrons. The van der Waals surface area contributed by atoms with Crippen LogP contribution >= 0.6 is 0 Å². The number of piperidine rings is 1. The van der Waals surface area contributed by atoms with E-state index in [1.807, 2.05) is 9.80 Å². The van der Waals surface area contributed by atoms with Gasteiger partial charge in [0.1, 0.15) is 0 Å². The number of morpholine rings is 1. The number of aryl methyl sites for hydroxylation is 1. The number of carbonyl (C=O) groups excluding carboxylic acids is 2. The van der Waals surface area contributed by atoms with Gasteiger partial charge in [-0.3, -0.25) is 9.59 Å². The number of ether oxygens (including phenoxy) is 1. The molecule has 142 valence electrons. The molecule has 3 aliphatic rings. The zero-order chi connectivity index (χ0) is 17.9. The highest BCUT2D eigenvalue weighted by atomic mass is 16.5. The maximum Gasteiger partial charge on any atom is 0.233 e. The Morgan fingerprint density at radius 3 is 2.38 bits per heavy atom. The van der Waals surface area contributed by atoms with Gasteiger partial charge < -0.3 is 14.5 Å². The number of nitrogens with zero attached hydrogens (tertiary/aromatic N) is 6. The van der Waals surface area contributed by atoms with Crippen molar-refractivity contribution in [3.8, 4) is 0 Å². The predicted octanol–water partition coefficient (Wildman–Crippen LogP) is 0.0380. The minimum Gasteiger partial charge on any atom is -0.378 e. The van der Waals surface area contributed by atoms with Crippen LogP contribution in [0, 0.1) is 5.92 Å². The summed E-state index contributed by atoms with van der Waals surface area (Å²) in [4.78, 5) is 29.5. The fraction of sp³-hybridized carbons (Fsp3) is 0.824. The van der Waals surface area contributed by atoms with Crippen LogP contribution in [0.1, 0.15) is 43.8 Å². The minimum absolute atomic E-state index is 0.0246. The van der Waals surface area contributed by atoms with Crippen LogP contribution in [0.3, 0.4) is 0 Å². The summed E-state index contributed by atoms with van der Waals surface area (Å²) in [5.41, 5.74) is 0. The molecular formula is C17H26N6O3. The van der Waals surface area contributed by atoms with E-state index in [4.69, 9.17) is 4.74 Å². The fourth-order valence-electron chi connectivity index (χ4n) is 4.20. The molecule has 0 N–H and O–H groups in total. The Kier molecular flexibility index (Phi) is 5.14. The van der Waals surface area contributed by atoms with Crippen molar-refractivity contribution < 1.29 is 14.3 Å². The molecule has 26 heavy (non-hydrogen) atoms. The fourth-order valence-corrected chi connectivity index (χ4v) is 4.20. The highest BCUT2D eigenvalue weighted by molar-refractivity contribution is 5.84. The molecule has 1 aromatic heterocycles. The van der Waals surface area contributed by atoms with Crippen molar-refractivity contribution in [3.05, 3.63) is 5.82 Å². The van der Waals surface area contributed by atoms with Crippen molar-refractivity contribution in [1.29, 1.82) is 0 Å². The number of amides is 2. The van der Waals surface area contributed by atoms with E-state index in [0.29, 0.717) is 45.2 Å². The summed E-state index contributed by atoms with van der Waals surface area (Å²) in [5, 5.41) is 11.8. The second-order valence-electron chi connectivity index (χ2n) is 7.35. The number of fused-ring (bicyclic) bond motifs is 1. The van der Waals surface area contributed by atoms with Crippen LogP contribution in [-0.4, -0.2) is 81.2 Å². The molecule has 1 atom stereocenters.